The van der Waals surface area contributed by atoms with Gasteiger partial charge in [-0.25, -0.2) is 4.98 Å². The van der Waals surface area contributed by atoms with Crippen LogP contribution in [0.25, 0.3) is 0 Å². The van der Waals surface area contributed by atoms with Crippen molar-refractivity contribution in [3.8, 4) is 0 Å². The smallest absolute Gasteiger partial charge is 0.259 e. The molecule has 0 aliphatic heterocycles. The molecule has 0 bridgehead atoms. The molecule has 18 heavy (non-hydrogen) atoms. The van der Waals surface area contributed by atoms with Crippen LogP contribution in [-0.4, -0.2) is 10.9 Å². The first kappa shape index (κ1) is 13.3. The molecule has 0 aliphatic carbocycles. The van der Waals surface area contributed by atoms with Gasteiger partial charge in [-0.05, 0) is 32.0 Å². The van der Waals surface area contributed by atoms with Crippen molar-refractivity contribution >= 4 is 45.6 Å². The first-order valence-electron chi connectivity index (χ1n) is 5.18. The Bertz CT molecular complexity index is 591. The summed E-state index contributed by atoms with van der Waals surface area (Å²) in [5.41, 5.74) is 1.25. The molecule has 0 fully saturated rings. The Kier molecular flexibility index (Phi) is 3.90. The summed E-state index contributed by atoms with van der Waals surface area (Å²) < 4.78 is 0. The van der Waals surface area contributed by atoms with Crippen molar-refractivity contribution in [1.82, 2.24) is 4.98 Å². The average Bonchev–Trinajstić information content (AvgIpc) is 2.61. The Balaban J connectivity index is 2.24. The lowest BCUT2D eigenvalue weighted by atomic mass is 10.2. The number of hydrogen-bond donors (Lipinski definition) is 1. The monoisotopic (exact) mass is 300 g/mol. The van der Waals surface area contributed by atoms with Crippen LogP contribution in [0, 0.1) is 13.8 Å². The fourth-order valence-corrected chi connectivity index (χ4v) is 2.55. The van der Waals surface area contributed by atoms with Gasteiger partial charge in [0.2, 0.25) is 0 Å². The number of aryl methyl sites for hydroxylation is 2. The molecule has 6 heteroatoms. The summed E-state index contributed by atoms with van der Waals surface area (Å²) in [5.74, 6) is -0.309. The number of nitrogens with zero attached hydrogens (tertiary/aromatic N) is 1. The molecule has 1 aromatic carbocycles. The second-order valence-electron chi connectivity index (χ2n) is 3.74. The van der Waals surface area contributed by atoms with E-state index in [1.807, 2.05) is 13.8 Å². The van der Waals surface area contributed by atoms with Crippen molar-refractivity contribution in [3.63, 3.8) is 0 Å². The van der Waals surface area contributed by atoms with Gasteiger partial charge in [0, 0.05) is 9.90 Å². The molecule has 94 valence electrons. The SMILES string of the molecule is Cc1nc(NC(=O)c2cc(Cl)ccc2Cl)sc1C. The maximum absolute atomic E-state index is 12.0. The summed E-state index contributed by atoms with van der Waals surface area (Å²) >= 11 is 13.2. The maximum Gasteiger partial charge on any atom is 0.259 e. The highest BCUT2D eigenvalue weighted by atomic mass is 35.5. The summed E-state index contributed by atoms with van der Waals surface area (Å²) in [6.45, 7) is 3.85. The summed E-state index contributed by atoms with van der Waals surface area (Å²) in [6, 6.07) is 4.77. The topological polar surface area (TPSA) is 42.0 Å². The molecule has 3 nitrogen and oxygen atoms in total. The van der Waals surface area contributed by atoms with Crippen LogP contribution in [0.15, 0.2) is 18.2 Å². The number of benzene rings is 1. The quantitative estimate of drug-likeness (QED) is 0.897. The molecule has 0 spiro atoms. The van der Waals surface area contributed by atoms with E-state index in [-0.39, 0.29) is 5.91 Å². The van der Waals surface area contributed by atoms with E-state index in [1.54, 1.807) is 12.1 Å². The van der Waals surface area contributed by atoms with Gasteiger partial charge in [-0.3, -0.25) is 10.1 Å². The first-order chi connectivity index (χ1) is 8.47. The molecule has 0 saturated heterocycles. The van der Waals surface area contributed by atoms with E-state index in [4.69, 9.17) is 23.2 Å². The Morgan fingerprint density at radius 2 is 2.06 bits per heavy atom. The normalized spacial score (nSPS) is 10.4. The van der Waals surface area contributed by atoms with Gasteiger partial charge in [0.05, 0.1) is 16.3 Å². The van der Waals surface area contributed by atoms with Gasteiger partial charge < -0.3 is 0 Å². The number of hydrogen-bond acceptors (Lipinski definition) is 3. The van der Waals surface area contributed by atoms with E-state index >= 15 is 0 Å². The van der Waals surface area contributed by atoms with Crippen molar-refractivity contribution < 1.29 is 4.79 Å². The Hall–Kier alpha value is -1.10. The van der Waals surface area contributed by atoms with E-state index < -0.39 is 0 Å². The van der Waals surface area contributed by atoms with E-state index in [9.17, 15) is 4.79 Å². The number of anilines is 1. The van der Waals surface area contributed by atoms with Gasteiger partial charge in [-0.2, -0.15) is 0 Å². The van der Waals surface area contributed by atoms with Crippen LogP contribution in [0.5, 0.6) is 0 Å². The van der Waals surface area contributed by atoms with E-state index in [0.717, 1.165) is 10.6 Å². The number of amides is 1. The van der Waals surface area contributed by atoms with Gasteiger partial charge >= 0.3 is 0 Å². The number of rotatable bonds is 2. The zero-order valence-electron chi connectivity index (χ0n) is 9.75. The predicted molar refractivity (Wildman–Crippen MR) is 76.0 cm³/mol. The minimum atomic E-state index is -0.309. The lowest BCUT2D eigenvalue weighted by Crippen LogP contribution is -2.12. The Morgan fingerprint density at radius 3 is 2.67 bits per heavy atom. The predicted octanol–water partition coefficient (Wildman–Crippen LogP) is 4.32. The van der Waals surface area contributed by atoms with Crippen LogP contribution in [0.2, 0.25) is 10.0 Å². The molecular weight excluding hydrogens is 291 g/mol. The zero-order chi connectivity index (χ0) is 13.3. The minimum absolute atomic E-state index is 0.309. The van der Waals surface area contributed by atoms with Gasteiger partial charge in [0.15, 0.2) is 5.13 Å². The summed E-state index contributed by atoms with van der Waals surface area (Å²) in [5, 5.41) is 4.11. The second kappa shape index (κ2) is 5.26. The van der Waals surface area contributed by atoms with Crippen LogP contribution in [0.1, 0.15) is 20.9 Å². The van der Waals surface area contributed by atoms with Crippen molar-refractivity contribution in [1.29, 1.82) is 0 Å². The molecule has 0 unspecified atom stereocenters. The van der Waals surface area contributed by atoms with Gasteiger partial charge in [0.25, 0.3) is 5.91 Å². The van der Waals surface area contributed by atoms with E-state index in [0.29, 0.717) is 20.7 Å². The molecule has 2 aromatic rings. The molecule has 0 radical (unpaired) electrons. The molecule has 1 amide bonds. The molecule has 1 heterocycles. The highest BCUT2D eigenvalue weighted by molar-refractivity contribution is 7.15. The summed E-state index contributed by atoms with van der Waals surface area (Å²) in [4.78, 5) is 17.3. The van der Waals surface area contributed by atoms with Crippen LogP contribution >= 0.6 is 34.5 Å². The molecule has 0 atom stereocenters. The molecule has 1 N–H and O–H groups in total. The highest BCUT2D eigenvalue weighted by Gasteiger charge is 2.13. The number of carbonyl (C=O) groups is 1. The third-order valence-electron chi connectivity index (χ3n) is 2.42. The molecule has 1 aromatic heterocycles. The van der Waals surface area contributed by atoms with Crippen molar-refractivity contribution in [3.05, 3.63) is 44.4 Å². The van der Waals surface area contributed by atoms with Crippen LogP contribution < -0.4 is 5.32 Å². The zero-order valence-corrected chi connectivity index (χ0v) is 12.1. The number of thiazole rings is 1. The summed E-state index contributed by atoms with van der Waals surface area (Å²) in [6.07, 6.45) is 0. The van der Waals surface area contributed by atoms with Gasteiger partial charge in [-0.15, -0.1) is 11.3 Å². The Morgan fingerprint density at radius 1 is 1.33 bits per heavy atom. The number of carbonyl (C=O) groups excluding carboxylic acids is 1. The molecular formula is C12H10Cl2N2OS. The largest absolute Gasteiger partial charge is 0.298 e. The van der Waals surface area contributed by atoms with Crippen molar-refractivity contribution in [2.45, 2.75) is 13.8 Å². The lowest BCUT2D eigenvalue weighted by Gasteiger charge is -2.04. The van der Waals surface area contributed by atoms with Crippen molar-refractivity contribution in [2.24, 2.45) is 0 Å². The van der Waals surface area contributed by atoms with Crippen LogP contribution in [0.3, 0.4) is 0 Å². The van der Waals surface area contributed by atoms with Crippen molar-refractivity contribution in [2.75, 3.05) is 5.32 Å². The summed E-state index contributed by atoms with van der Waals surface area (Å²) in [7, 11) is 0. The maximum atomic E-state index is 12.0. The minimum Gasteiger partial charge on any atom is -0.298 e. The fourth-order valence-electron chi connectivity index (χ4n) is 1.36. The molecule has 2 rings (SSSR count). The third-order valence-corrected chi connectivity index (χ3v) is 3.98. The Labute approximate surface area is 119 Å². The van der Waals surface area contributed by atoms with Gasteiger partial charge in [0.1, 0.15) is 0 Å². The number of nitrogens with one attached hydrogen (secondary N) is 1. The average molecular weight is 301 g/mol. The highest BCUT2D eigenvalue weighted by Crippen LogP contribution is 2.24. The molecule has 0 aliphatic rings. The number of aromatic nitrogens is 1. The van der Waals surface area contributed by atoms with Crippen LogP contribution in [0.4, 0.5) is 5.13 Å². The van der Waals surface area contributed by atoms with Crippen LogP contribution in [-0.2, 0) is 0 Å². The van der Waals surface area contributed by atoms with Gasteiger partial charge in [-0.1, -0.05) is 23.2 Å². The third kappa shape index (κ3) is 2.83. The standard InChI is InChI=1S/C12H10Cl2N2OS/c1-6-7(2)18-12(15-6)16-11(17)9-5-8(13)3-4-10(9)14/h3-5H,1-2H3,(H,15,16,17). The van der Waals surface area contributed by atoms with E-state index in [1.165, 1.54) is 17.4 Å². The van der Waals surface area contributed by atoms with E-state index in [2.05, 4.69) is 10.3 Å². The first-order valence-corrected chi connectivity index (χ1v) is 6.75. The lowest BCUT2D eigenvalue weighted by molar-refractivity contribution is 0.102. The second-order valence-corrected chi connectivity index (χ2v) is 5.79. The number of halogens is 2. The fraction of sp³-hybridized carbons (Fsp3) is 0.167. The molecule has 0 saturated carbocycles.